The van der Waals surface area contributed by atoms with Gasteiger partial charge < -0.3 is 4.42 Å². The van der Waals surface area contributed by atoms with Gasteiger partial charge in [0.1, 0.15) is 11.2 Å². The molecule has 0 N–H and O–H groups in total. The lowest BCUT2D eigenvalue weighted by molar-refractivity contribution is 0.672. The van der Waals surface area contributed by atoms with Gasteiger partial charge in [0.25, 0.3) is 0 Å². The lowest BCUT2D eigenvalue weighted by Crippen LogP contribution is -2.00. The molecule has 0 saturated heterocycles. The highest BCUT2D eigenvalue weighted by Gasteiger charge is 2.19. The number of fused-ring (bicyclic) bond motifs is 5. The zero-order chi connectivity index (χ0) is 39.1. The van der Waals surface area contributed by atoms with E-state index in [4.69, 9.17) is 29.3 Å². The average Bonchev–Trinajstić information content (AvgIpc) is 3.71. The van der Waals surface area contributed by atoms with Crippen LogP contribution in [-0.4, -0.2) is 24.9 Å². The Hall–Kier alpha value is -8.09. The topological polar surface area (TPSA) is 77.6 Å². The van der Waals surface area contributed by atoms with E-state index < -0.39 is 0 Å². The zero-order valence-corrected chi connectivity index (χ0v) is 31.7. The largest absolute Gasteiger partial charge is 0.455 e. The number of nitrogens with zero attached hydrogens (tertiary/aromatic N) is 5. The average molecular weight is 756 g/mol. The third-order valence-corrected chi connectivity index (χ3v) is 10.7. The molecule has 59 heavy (non-hydrogen) atoms. The van der Waals surface area contributed by atoms with Crippen LogP contribution in [-0.2, 0) is 0 Å². The van der Waals surface area contributed by atoms with E-state index >= 15 is 0 Å². The van der Waals surface area contributed by atoms with Crippen molar-refractivity contribution in [2.45, 2.75) is 0 Å². The lowest BCUT2D eigenvalue weighted by Gasteiger charge is -2.13. The maximum atomic E-state index is 6.44. The van der Waals surface area contributed by atoms with Crippen molar-refractivity contribution in [3.8, 4) is 79.2 Å². The van der Waals surface area contributed by atoms with E-state index in [-0.39, 0.29) is 0 Å². The fraction of sp³-hybridized carbons (Fsp3) is 0. The second-order valence-corrected chi connectivity index (χ2v) is 14.5. The SMILES string of the molecule is c1ccc(-c2nc(-c3cccc(-c4cccc(-c5nc(-c6ccccc6)nc(-c6ccccc6)n5)c4)c3)cc(-c3cc4c5ccccc5oc4c4ccccc34)n2)cc1. The number of aromatic nitrogens is 5. The van der Waals surface area contributed by atoms with Crippen molar-refractivity contribution in [2.75, 3.05) is 0 Å². The first-order valence-electron chi connectivity index (χ1n) is 19.6. The quantitative estimate of drug-likeness (QED) is 0.161. The van der Waals surface area contributed by atoms with Crippen molar-refractivity contribution in [1.82, 2.24) is 24.9 Å². The third-order valence-electron chi connectivity index (χ3n) is 10.7. The summed E-state index contributed by atoms with van der Waals surface area (Å²) in [6.07, 6.45) is 0. The molecule has 276 valence electrons. The summed E-state index contributed by atoms with van der Waals surface area (Å²) in [5.41, 5.74) is 11.2. The van der Waals surface area contributed by atoms with Crippen LogP contribution in [0.3, 0.4) is 0 Å². The van der Waals surface area contributed by atoms with Crippen LogP contribution in [0.5, 0.6) is 0 Å². The second-order valence-electron chi connectivity index (χ2n) is 14.5. The Kier molecular flexibility index (Phi) is 8.37. The van der Waals surface area contributed by atoms with E-state index in [9.17, 15) is 0 Å². The van der Waals surface area contributed by atoms with Crippen LogP contribution >= 0.6 is 0 Å². The van der Waals surface area contributed by atoms with Crippen molar-refractivity contribution in [3.63, 3.8) is 0 Å². The molecule has 0 atom stereocenters. The Balaban J connectivity index is 1.04. The number of rotatable bonds is 7. The van der Waals surface area contributed by atoms with E-state index in [2.05, 4.69) is 109 Å². The first-order valence-corrected chi connectivity index (χ1v) is 19.6. The maximum absolute atomic E-state index is 6.44. The summed E-state index contributed by atoms with van der Waals surface area (Å²) in [6.45, 7) is 0. The Bertz CT molecular complexity index is 3270. The maximum Gasteiger partial charge on any atom is 0.164 e. The molecule has 0 aliphatic rings. The highest BCUT2D eigenvalue weighted by Crippen LogP contribution is 2.40. The minimum atomic E-state index is 0.609. The van der Waals surface area contributed by atoms with Crippen LogP contribution in [0.4, 0.5) is 0 Å². The van der Waals surface area contributed by atoms with E-state index in [0.29, 0.717) is 23.3 Å². The predicted molar refractivity (Wildman–Crippen MR) is 238 cm³/mol. The monoisotopic (exact) mass is 755 g/mol. The van der Waals surface area contributed by atoms with Crippen molar-refractivity contribution < 1.29 is 4.42 Å². The van der Waals surface area contributed by atoms with Gasteiger partial charge in [-0.25, -0.2) is 24.9 Å². The van der Waals surface area contributed by atoms with Gasteiger partial charge in [0.15, 0.2) is 23.3 Å². The van der Waals surface area contributed by atoms with Gasteiger partial charge in [-0.2, -0.15) is 0 Å². The first-order chi connectivity index (χ1) is 29.2. The van der Waals surface area contributed by atoms with E-state index in [0.717, 1.165) is 88.6 Å². The molecule has 3 aromatic heterocycles. The highest BCUT2D eigenvalue weighted by molar-refractivity contribution is 6.19. The van der Waals surface area contributed by atoms with Gasteiger partial charge >= 0.3 is 0 Å². The summed E-state index contributed by atoms with van der Waals surface area (Å²) in [6, 6.07) is 68.1. The summed E-state index contributed by atoms with van der Waals surface area (Å²) in [4.78, 5) is 25.3. The molecule has 0 radical (unpaired) electrons. The number of para-hydroxylation sites is 1. The van der Waals surface area contributed by atoms with Gasteiger partial charge in [0.2, 0.25) is 0 Å². The number of furan rings is 1. The first kappa shape index (κ1) is 34.2. The molecule has 0 aliphatic heterocycles. The van der Waals surface area contributed by atoms with E-state index in [1.165, 1.54) is 0 Å². The number of hydrogen-bond acceptors (Lipinski definition) is 6. The molecule has 11 aromatic rings. The van der Waals surface area contributed by atoms with Crippen LogP contribution in [0.25, 0.3) is 112 Å². The Labute approximate surface area is 340 Å². The van der Waals surface area contributed by atoms with Crippen LogP contribution in [0.15, 0.2) is 205 Å². The molecule has 0 spiro atoms. The summed E-state index contributed by atoms with van der Waals surface area (Å²) >= 11 is 0. The van der Waals surface area contributed by atoms with Gasteiger partial charge in [0, 0.05) is 49.5 Å². The van der Waals surface area contributed by atoms with Crippen molar-refractivity contribution in [2.24, 2.45) is 0 Å². The standard InChI is InChI=1S/C53H33N5O/c1-4-16-34(17-5-1)50-54-46(33-47(55-50)44-32-45-42-27-12-13-29-48(42)59-49(45)43-28-11-10-26-41(43)44)39-24-14-22-37(30-39)38-23-15-25-40(31-38)53-57-51(35-18-6-2-7-19-35)56-52(58-53)36-20-8-3-9-21-36/h1-33H. The van der Waals surface area contributed by atoms with Crippen LogP contribution in [0.2, 0.25) is 0 Å². The molecule has 6 heteroatoms. The van der Waals surface area contributed by atoms with Gasteiger partial charge in [0.05, 0.1) is 11.4 Å². The molecule has 0 aliphatic carbocycles. The molecule has 0 saturated carbocycles. The normalized spacial score (nSPS) is 11.4. The molecule has 3 heterocycles. The fourth-order valence-electron chi connectivity index (χ4n) is 7.84. The smallest absolute Gasteiger partial charge is 0.164 e. The van der Waals surface area contributed by atoms with Gasteiger partial charge in [-0.1, -0.05) is 170 Å². The summed E-state index contributed by atoms with van der Waals surface area (Å²) in [5.74, 6) is 2.52. The van der Waals surface area contributed by atoms with Gasteiger partial charge in [-0.3, -0.25) is 0 Å². The Morgan fingerprint density at radius 3 is 1.34 bits per heavy atom. The highest BCUT2D eigenvalue weighted by atomic mass is 16.3. The van der Waals surface area contributed by atoms with E-state index in [1.807, 2.05) is 91.0 Å². The molecule has 0 bridgehead atoms. The molecule has 11 rings (SSSR count). The van der Waals surface area contributed by atoms with Crippen molar-refractivity contribution >= 4 is 32.7 Å². The molecule has 0 fully saturated rings. The number of hydrogen-bond donors (Lipinski definition) is 0. The minimum Gasteiger partial charge on any atom is -0.455 e. The van der Waals surface area contributed by atoms with Crippen LogP contribution < -0.4 is 0 Å². The third kappa shape index (κ3) is 6.39. The molecule has 6 nitrogen and oxygen atoms in total. The molecule has 8 aromatic carbocycles. The lowest BCUT2D eigenvalue weighted by atomic mass is 9.96. The Morgan fingerprint density at radius 1 is 0.271 bits per heavy atom. The zero-order valence-electron chi connectivity index (χ0n) is 31.7. The van der Waals surface area contributed by atoms with E-state index in [1.54, 1.807) is 0 Å². The van der Waals surface area contributed by atoms with Gasteiger partial charge in [-0.05, 0) is 46.8 Å². The second kappa shape index (κ2) is 14.4. The van der Waals surface area contributed by atoms with Crippen LogP contribution in [0.1, 0.15) is 0 Å². The molecular formula is C53H33N5O. The van der Waals surface area contributed by atoms with Crippen molar-refractivity contribution in [3.05, 3.63) is 200 Å². The fourth-order valence-corrected chi connectivity index (χ4v) is 7.84. The predicted octanol–water partition coefficient (Wildman–Crippen LogP) is 13.4. The Morgan fingerprint density at radius 2 is 0.712 bits per heavy atom. The summed E-state index contributed by atoms with van der Waals surface area (Å²) < 4.78 is 6.44. The summed E-state index contributed by atoms with van der Waals surface area (Å²) in [5, 5.41) is 4.25. The van der Waals surface area contributed by atoms with Crippen molar-refractivity contribution in [1.29, 1.82) is 0 Å². The summed E-state index contributed by atoms with van der Waals surface area (Å²) in [7, 11) is 0. The van der Waals surface area contributed by atoms with Gasteiger partial charge in [-0.15, -0.1) is 0 Å². The number of benzene rings is 8. The minimum absolute atomic E-state index is 0.609. The molecule has 0 amide bonds. The molecular weight excluding hydrogens is 723 g/mol. The van der Waals surface area contributed by atoms with Crippen LogP contribution in [0, 0.1) is 0 Å². The molecule has 0 unspecified atom stereocenters.